The van der Waals surface area contributed by atoms with Gasteiger partial charge < -0.3 is 0 Å². The van der Waals surface area contributed by atoms with E-state index in [1.165, 1.54) is 44.2 Å². The zero-order valence-electron chi connectivity index (χ0n) is 12.2. The maximum absolute atomic E-state index is 12.4. The maximum atomic E-state index is 12.4. The highest BCUT2D eigenvalue weighted by atomic mass is 32.2. The van der Waals surface area contributed by atoms with Gasteiger partial charge in [0, 0.05) is 11.1 Å². The molecule has 0 radical (unpaired) electrons. The molecule has 0 aliphatic carbocycles. The first kappa shape index (κ1) is 15.9. The number of hydrogen-bond acceptors (Lipinski definition) is 4. The summed E-state index contributed by atoms with van der Waals surface area (Å²) in [7, 11) is -3.83. The molecule has 2 rings (SSSR count). The lowest BCUT2D eigenvalue weighted by Gasteiger charge is -2.11. The van der Waals surface area contributed by atoms with Gasteiger partial charge in [-0.15, -0.1) is 0 Å². The molecule has 0 amide bonds. The van der Waals surface area contributed by atoms with Gasteiger partial charge in [-0.25, -0.2) is 8.42 Å². The summed E-state index contributed by atoms with van der Waals surface area (Å²) < 4.78 is 27.1. The monoisotopic (exact) mass is 317 g/mol. The van der Waals surface area contributed by atoms with Gasteiger partial charge in [-0.2, -0.15) is 0 Å². The summed E-state index contributed by atoms with van der Waals surface area (Å²) in [5.74, 6) is -0.371. The average Bonchev–Trinajstić information content (AvgIpc) is 2.47. The zero-order chi connectivity index (χ0) is 16.3. The van der Waals surface area contributed by atoms with Crippen LogP contribution >= 0.6 is 0 Å². The second-order valence-electron chi connectivity index (χ2n) is 4.79. The Balaban J connectivity index is 2.36. The molecule has 6 heteroatoms. The van der Waals surface area contributed by atoms with Crippen LogP contribution < -0.4 is 4.72 Å². The van der Waals surface area contributed by atoms with Crippen LogP contribution in [0.5, 0.6) is 0 Å². The Morgan fingerprint density at radius 2 is 1.45 bits per heavy atom. The minimum absolute atomic E-state index is 0.0239. The summed E-state index contributed by atoms with van der Waals surface area (Å²) in [6, 6.07) is 12.0. The maximum Gasteiger partial charge on any atom is 0.261 e. The third kappa shape index (κ3) is 3.40. The predicted molar refractivity (Wildman–Crippen MR) is 83.7 cm³/mol. The molecule has 0 aliphatic rings. The molecule has 0 aromatic heterocycles. The molecular formula is C16H15NO4S. The molecule has 0 heterocycles. The fourth-order valence-corrected chi connectivity index (χ4v) is 3.03. The number of anilines is 1. The molecule has 0 spiro atoms. The van der Waals surface area contributed by atoms with Crippen molar-refractivity contribution in [3.63, 3.8) is 0 Å². The van der Waals surface area contributed by atoms with E-state index >= 15 is 0 Å². The fraction of sp³-hybridized carbons (Fsp3) is 0.125. The normalized spacial score (nSPS) is 11.0. The minimum atomic E-state index is -3.83. The van der Waals surface area contributed by atoms with Crippen molar-refractivity contribution in [2.75, 3.05) is 4.72 Å². The largest absolute Gasteiger partial charge is 0.295 e. The molecule has 0 atom stereocenters. The van der Waals surface area contributed by atoms with E-state index in [1.807, 2.05) is 0 Å². The Labute approximate surface area is 129 Å². The molecule has 0 saturated carbocycles. The van der Waals surface area contributed by atoms with Gasteiger partial charge in [0.15, 0.2) is 11.6 Å². The van der Waals surface area contributed by atoms with Crippen molar-refractivity contribution in [1.82, 2.24) is 0 Å². The number of benzene rings is 2. The third-order valence-corrected chi connectivity index (χ3v) is 4.50. The topological polar surface area (TPSA) is 80.3 Å². The first-order chi connectivity index (χ1) is 10.3. The van der Waals surface area contributed by atoms with Crippen molar-refractivity contribution < 1.29 is 18.0 Å². The van der Waals surface area contributed by atoms with Crippen LogP contribution in [0.2, 0.25) is 0 Å². The molecule has 0 fully saturated rings. The summed E-state index contributed by atoms with van der Waals surface area (Å²) >= 11 is 0. The predicted octanol–water partition coefficient (Wildman–Crippen LogP) is 2.89. The smallest absolute Gasteiger partial charge is 0.261 e. The van der Waals surface area contributed by atoms with Gasteiger partial charge in [-0.05, 0) is 38.1 Å². The molecule has 22 heavy (non-hydrogen) atoms. The fourth-order valence-electron chi connectivity index (χ4n) is 1.95. The molecule has 0 unspecified atom stereocenters. The Morgan fingerprint density at radius 3 is 2.00 bits per heavy atom. The van der Waals surface area contributed by atoms with Crippen molar-refractivity contribution in [2.45, 2.75) is 18.7 Å². The second-order valence-corrected chi connectivity index (χ2v) is 6.47. The highest BCUT2D eigenvalue weighted by Crippen LogP contribution is 2.21. The summed E-state index contributed by atoms with van der Waals surface area (Å²) in [6.45, 7) is 2.78. The quantitative estimate of drug-likeness (QED) is 0.860. The Bertz CT molecular complexity index is 823. The first-order valence-corrected chi connectivity index (χ1v) is 8.03. The molecule has 0 bridgehead atoms. The van der Waals surface area contributed by atoms with Crippen molar-refractivity contribution in [3.8, 4) is 0 Å². The number of rotatable bonds is 5. The van der Waals surface area contributed by atoms with Gasteiger partial charge in [-0.1, -0.05) is 24.3 Å². The van der Waals surface area contributed by atoms with Crippen molar-refractivity contribution in [2.24, 2.45) is 0 Å². The van der Waals surface area contributed by atoms with Crippen LogP contribution in [0.25, 0.3) is 0 Å². The lowest BCUT2D eigenvalue weighted by Crippen LogP contribution is -2.15. The summed E-state index contributed by atoms with van der Waals surface area (Å²) in [5, 5.41) is 0. The van der Waals surface area contributed by atoms with Crippen LogP contribution in [0.3, 0.4) is 0 Å². The van der Waals surface area contributed by atoms with Crippen LogP contribution in [-0.4, -0.2) is 20.0 Å². The molecule has 0 saturated heterocycles. The number of para-hydroxylation sites is 1. The van der Waals surface area contributed by atoms with Crippen molar-refractivity contribution in [1.29, 1.82) is 0 Å². The van der Waals surface area contributed by atoms with Crippen LogP contribution in [0.4, 0.5) is 5.69 Å². The molecular weight excluding hydrogens is 302 g/mol. The van der Waals surface area contributed by atoms with Gasteiger partial charge in [-0.3, -0.25) is 14.3 Å². The van der Waals surface area contributed by atoms with E-state index in [0.717, 1.165) is 0 Å². The molecule has 1 N–H and O–H groups in total. The minimum Gasteiger partial charge on any atom is -0.295 e. The van der Waals surface area contributed by atoms with Crippen LogP contribution in [0.1, 0.15) is 34.6 Å². The van der Waals surface area contributed by atoms with E-state index < -0.39 is 10.0 Å². The molecule has 2 aromatic carbocycles. The first-order valence-electron chi connectivity index (χ1n) is 6.55. The van der Waals surface area contributed by atoms with Gasteiger partial charge >= 0.3 is 0 Å². The van der Waals surface area contributed by atoms with E-state index in [2.05, 4.69) is 4.72 Å². The lowest BCUT2D eigenvalue weighted by molar-refractivity contribution is 0.100. The van der Waals surface area contributed by atoms with Crippen LogP contribution in [0, 0.1) is 0 Å². The number of carbonyl (C=O) groups excluding carboxylic acids is 2. The second kappa shape index (κ2) is 6.11. The van der Waals surface area contributed by atoms with Gasteiger partial charge in [0.25, 0.3) is 10.0 Å². The standard InChI is InChI=1S/C16H15NO4S/c1-11(18)13-7-9-14(10-8-13)22(20,21)17-16-6-4-3-5-15(16)12(2)19/h3-10,17H,1-2H3. The van der Waals surface area contributed by atoms with E-state index in [-0.39, 0.29) is 22.1 Å². The average molecular weight is 317 g/mol. The Hall–Kier alpha value is -2.47. The highest BCUT2D eigenvalue weighted by Gasteiger charge is 2.17. The zero-order valence-corrected chi connectivity index (χ0v) is 13.0. The summed E-state index contributed by atoms with van der Waals surface area (Å²) in [6.07, 6.45) is 0. The van der Waals surface area contributed by atoms with E-state index in [0.29, 0.717) is 11.1 Å². The van der Waals surface area contributed by atoms with Gasteiger partial charge in [0.05, 0.1) is 10.6 Å². The van der Waals surface area contributed by atoms with E-state index in [4.69, 9.17) is 0 Å². The third-order valence-electron chi connectivity index (χ3n) is 3.12. The molecule has 0 aliphatic heterocycles. The number of Topliss-reactive ketones (excluding diaryl/α,β-unsaturated/α-hetero) is 2. The van der Waals surface area contributed by atoms with Gasteiger partial charge in [0.1, 0.15) is 0 Å². The van der Waals surface area contributed by atoms with Crippen LogP contribution in [0.15, 0.2) is 53.4 Å². The summed E-state index contributed by atoms with van der Waals surface area (Å²) in [5.41, 5.74) is 0.958. The molecule has 114 valence electrons. The van der Waals surface area contributed by atoms with Crippen molar-refractivity contribution >= 4 is 27.3 Å². The number of carbonyl (C=O) groups is 2. The number of hydrogen-bond donors (Lipinski definition) is 1. The van der Waals surface area contributed by atoms with E-state index in [9.17, 15) is 18.0 Å². The Kier molecular flexibility index (Phi) is 4.42. The Morgan fingerprint density at radius 1 is 0.864 bits per heavy atom. The SMILES string of the molecule is CC(=O)c1ccc(S(=O)(=O)Nc2ccccc2C(C)=O)cc1. The van der Waals surface area contributed by atoms with E-state index in [1.54, 1.807) is 18.2 Å². The van der Waals surface area contributed by atoms with Gasteiger partial charge in [0.2, 0.25) is 0 Å². The highest BCUT2D eigenvalue weighted by molar-refractivity contribution is 7.92. The summed E-state index contributed by atoms with van der Waals surface area (Å²) in [4.78, 5) is 22.8. The lowest BCUT2D eigenvalue weighted by atomic mass is 10.1. The van der Waals surface area contributed by atoms with Crippen LogP contribution in [-0.2, 0) is 10.0 Å². The van der Waals surface area contributed by atoms with Crippen molar-refractivity contribution in [3.05, 3.63) is 59.7 Å². The molecule has 5 nitrogen and oxygen atoms in total. The number of sulfonamides is 1. The molecule has 2 aromatic rings. The number of nitrogens with one attached hydrogen (secondary N) is 1. The number of ketones is 2.